The van der Waals surface area contributed by atoms with Crippen molar-refractivity contribution < 1.29 is 9.84 Å². The van der Waals surface area contributed by atoms with Crippen LogP contribution in [0.1, 0.15) is 44.0 Å². The highest BCUT2D eigenvalue weighted by atomic mass is 16.5. The van der Waals surface area contributed by atoms with Crippen molar-refractivity contribution in [3.05, 3.63) is 29.6 Å². The molecule has 0 saturated carbocycles. The normalized spacial score (nSPS) is 10.7. The number of tetrazole rings is 1. The smallest absolute Gasteiger partial charge is 0.148 e. The number of benzene rings is 1. The molecule has 2 rings (SSSR count). The first-order valence-electron chi connectivity index (χ1n) is 7.39. The van der Waals surface area contributed by atoms with Gasteiger partial charge in [-0.1, -0.05) is 13.3 Å². The Morgan fingerprint density at radius 3 is 2.95 bits per heavy atom. The number of nitrogens with one attached hydrogen (secondary N) is 1. The Hall–Kier alpha value is -2.11. The number of unbranched alkanes of at least 4 members (excludes halogenated alkanes) is 2. The molecule has 2 N–H and O–H groups in total. The summed E-state index contributed by atoms with van der Waals surface area (Å²) in [4.78, 5) is 0. The molecule has 1 radical (unpaired) electrons. The first-order valence-corrected chi connectivity index (χ1v) is 7.39. The summed E-state index contributed by atoms with van der Waals surface area (Å²) < 4.78 is 5.78. The zero-order valence-electron chi connectivity index (χ0n) is 12.3. The molecule has 0 unspecified atom stereocenters. The molecule has 1 aromatic heterocycles. The highest BCUT2D eigenvalue weighted by Crippen LogP contribution is 2.28. The fourth-order valence-electron chi connectivity index (χ4n) is 2.17. The van der Waals surface area contributed by atoms with Crippen LogP contribution in [0.25, 0.3) is 0 Å². The molecule has 1 aromatic carbocycles. The van der Waals surface area contributed by atoms with Crippen LogP contribution in [0, 0.1) is 6.07 Å². The Kier molecular flexibility index (Phi) is 5.99. The van der Waals surface area contributed by atoms with Crippen molar-refractivity contribution in [3.63, 3.8) is 0 Å². The molecule has 0 fully saturated rings. The molecule has 113 valence electrons. The number of hydrogen-bond donors (Lipinski definition) is 2. The van der Waals surface area contributed by atoms with Crippen LogP contribution < -0.4 is 4.74 Å². The topological polar surface area (TPSA) is 83.9 Å². The molecule has 0 bridgehead atoms. The lowest BCUT2D eigenvalue weighted by atomic mass is 10.1. The number of aromatic hydroxyl groups is 1. The summed E-state index contributed by atoms with van der Waals surface area (Å²) in [5.74, 6) is 1.80. The molecule has 0 amide bonds. The van der Waals surface area contributed by atoms with E-state index in [-0.39, 0.29) is 5.75 Å². The van der Waals surface area contributed by atoms with E-state index in [2.05, 4.69) is 33.6 Å². The molecule has 1 heterocycles. The summed E-state index contributed by atoms with van der Waals surface area (Å²) in [7, 11) is 0. The fraction of sp³-hybridized carbons (Fsp3) is 0.533. The van der Waals surface area contributed by atoms with Gasteiger partial charge in [0.05, 0.1) is 6.61 Å². The Bertz CT molecular complexity index is 528. The molecule has 0 aliphatic rings. The molecule has 21 heavy (non-hydrogen) atoms. The largest absolute Gasteiger partial charge is 0.507 e. The molecular formula is C15H21N4O2. The van der Waals surface area contributed by atoms with Gasteiger partial charge < -0.3 is 9.84 Å². The van der Waals surface area contributed by atoms with Crippen LogP contribution in [0.2, 0.25) is 0 Å². The molecule has 0 aliphatic carbocycles. The van der Waals surface area contributed by atoms with Crippen molar-refractivity contribution in [1.82, 2.24) is 20.6 Å². The van der Waals surface area contributed by atoms with E-state index in [0.717, 1.165) is 55.7 Å². The lowest BCUT2D eigenvalue weighted by Gasteiger charge is -2.12. The van der Waals surface area contributed by atoms with Gasteiger partial charge in [0.15, 0.2) is 0 Å². The Morgan fingerprint density at radius 2 is 2.19 bits per heavy atom. The maximum Gasteiger partial charge on any atom is 0.148 e. The number of hydrogen-bond acceptors (Lipinski definition) is 5. The van der Waals surface area contributed by atoms with Crippen LogP contribution in [-0.2, 0) is 12.8 Å². The van der Waals surface area contributed by atoms with Gasteiger partial charge in [0, 0.05) is 18.1 Å². The number of aromatic amines is 1. The lowest BCUT2D eigenvalue weighted by Crippen LogP contribution is -2.01. The third-order valence-corrected chi connectivity index (χ3v) is 3.24. The minimum atomic E-state index is 0.201. The van der Waals surface area contributed by atoms with E-state index in [9.17, 15) is 5.11 Å². The summed E-state index contributed by atoms with van der Waals surface area (Å²) in [6.07, 6.45) is 5.66. The number of aromatic nitrogens is 4. The van der Waals surface area contributed by atoms with E-state index < -0.39 is 0 Å². The second-order valence-corrected chi connectivity index (χ2v) is 4.93. The van der Waals surface area contributed by atoms with Crippen LogP contribution in [0.5, 0.6) is 11.5 Å². The number of phenolic OH excluding ortho intramolecular Hbond substituents is 1. The minimum absolute atomic E-state index is 0.201. The van der Waals surface area contributed by atoms with Gasteiger partial charge in [-0.2, -0.15) is 0 Å². The number of nitrogens with zero attached hydrogens (tertiary/aromatic N) is 3. The van der Waals surface area contributed by atoms with Crippen molar-refractivity contribution in [2.24, 2.45) is 0 Å². The van der Waals surface area contributed by atoms with E-state index in [1.54, 1.807) is 6.07 Å². The third kappa shape index (κ3) is 4.73. The Balaban J connectivity index is 1.69. The van der Waals surface area contributed by atoms with E-state index in [0.29, 0.717) is 6.61 Å². The summed E-state index contributed by atoms with van der Waals surface area (Å²) in [6.45, 7) is 2.73. The van der Waals surface area contributed by atoms with Gasteiger partial charge in [-0.3, -0.25) is 0 Å². The third-order valence-electron chi connectivity index (χ3n) is 3.24. The molecule has 2 aromatic rings. The maximum atomic E-state index is 9.81. The standard InChI is InChI=1S/C15H21N4O2/c1-2-7-12-13(20)8-6-9-14(12)21-11-5-3-4-10-15-16-18-19-17-15/h6,9,20H,2-5,7,10-11H2,1H3,(H,16,17,18,19). The lowest BCUT2D eigenvalue weighted by molar-refractivity contribution is 0.299. The highest BCUT2D eigenvalue weighted by molar-refractivity contribution is 5.43. The van der Waals surface area contributed by atoms with Crippen molar-refractivity contribution in [1.29, 1.82) is 0 Å². The van der Waals surface area contributed by atoms with Crippen LogP contribution in [0.3, 0.4) is 0 Å². The summed E-state index contributed by atoms with van der Waals surface area (Å²) in [6, 6.07) is 6.37. The van der Waals surface area contributed by atoms with Crippen molar-refractivity contribution in [2.75, 3.05) is 6.61 Å². The SMILES string of the molecule is CCCc1c(O)[c]ccc1OCCCCCc1nnn[nH]1. The molecule has 0 spiro atoms. The van der Waals surface area contributed by atoms with Gasteiger partial charge in [0.25, 0.3) is 0 Å². The number of H-pyrrole nitrogens is 1. The number of rotatable bonds is 9. The second-order valence-electron chi connectivity index (χ2n) is 4.93. The molecule has 0 aliphatic heterocycles. The van der Waals surface area contributed by atoms with E-state index in [1.165, 1.54) is 0 Å². The zero-order valence-corrected chi connectivity index (χ0v) is 12.3. The number of phenols is 1. The van der Waals surface area contributed by atoms with Crippen molar-refractivity contribution in [3.8, 4) is 11.5 Å². The zero-order chi connectivity index (χ0) is 14.9. The van der Waals surface area contributed by atoms with Crippen LogP contribution in [-0.4, -0.2) is 32.3 Å². The van der Waals surface area contributed by atoms with Crippen molar-refractivity contribution in [2.45, 2.75) is 45.4 Å². The van der Waals surface area contributed by atoms with Crippen molar-refractivity contribution >= 4 is 0 Å². The molecule has 0 atom stereocenters. The number of ether oxygens (including phenoxy) is 1. The summed E-state index contributed by atoms with van der Waals surface area (Å²) in [5.41, 5.74) is 0.854. The van der Waals surface area contributed by atoms with Gasteiger partial charge in [-0.15, -0.1) is 5.10 Å². The summed E-state index contributed by atoms with van der Waals surface area (Å²) in [5, 5.41) is 23.5. The van der Waals surface area contributed by atoms with Gasteiger partial charge in [0.1, 0.15) is 17.3 Å². The first-order chi connectivity index (χ1) is 10.3. The van der Waals surface area contributed by atoms with Gasteiger partial charge >= 0.3 is 0 Å². The second kappa shape index (κ2) is 8.24. The number of aryl methyl sites for hydroxylation is 1. The van der Waals surface area contributed by atoms with Crippen LogP contribution in [0.15, 0.2) is 12.1 Å². The van der Waals surface area contributed by atoms with Crippen LogP contribution in [0.4, 0.5) is 0 Å². The van der Waals surface area contributed by atoms with Crippen LogP contribution >= 0.6 is 0 Å². The van der Waals surface area contributed by atoms with Gasteiger partial charge in [0.2, 0.25) is 0 Å². The Morgan fingerprint density at radius 1 is 1.29 bits per heavy atom. The van der Waals surface area contributed by atoms with E-state index in [1.807, 2.05) is 6.07 Å². The van der Waals surface area contributed by atoms with E-state index >= 15 is 0 Å². The quantitative estimate of drug-likeness (QED) is 0.693. The predicted octanol–water partition coefficient (Wildman–Crippen LogP) is 2.45. The van der Waals surface area contributed by atoms with Gasteiger partial charge in [-0.05, 0) is 48.2 Å². The average Bonchev–Trinajstić information content (AvgIpc) is 2.99. The monoisotopic (exact) mass is 289 g/mol. The highest BCUT2D eigenvalue weighted by Gasteiger charge is 2.08. The predicted molar refractivity (Wildman–Crippen MR) is 78.2 cm³/mol. The Labute approximate surface area is 124 Å². The molecular weight excluding hydrogens is 268 g/mol. The summed E-state index contributed by atoms with van der Waals surface area (Å²) >= 11 is 0. The fourth-order valence-corrected chi connectivity index (χ4v) is 2.17. The van der Waals surface area contributed by atoms with E-state index in [4.69, 9.17) is 4.74 Å². The first kappa shape index (κ1) is 15.3. The molecule has 6 nitrogen and oxygen atoms in total. The average molecular weight is 289 g/mol. The molecule has 6 heteroatoms. The molecule has 0 saturated heterocycles. The maximum absolute atomic E-state index is 9.81. The minimum Gasteiger partial charge on any atom is -0.507 e. The van der Waals surface area contributed by atoms with Gasteiger partial charge in [-0.25, -0.2) is 5.10 Å².